The predicted octanol–water partition coefficient (Wildman–Crippen LogP) is 1.75. The number of carbonyl (C=O) groups is 1. The molecule has 4 heteroatoms. The number of ether oxygens (including phenoxy) is 1. The smallest absolute Gasteiger partial charge is 0.241 e. The van der Waals surface area contributed by atoms with Crippen LogP contribution in [0.3, 0.4) is 0 Å². The Bertz CT molecular complexity index is 308. The molecule has 2 aliphatic heterocycles. The first-order valence-corrected chi connectivity index (χ1v) is 7.29. The number of amides is 1. The minimum atomic E-state index is -0.00671. The van der Waals surface area contributed by atoms with Gasteiger partial charge in [0.25, 0.3) is 0 Å². The zero-order valence-electron chi connectivity index (χ0n) is 12.0. The molecule has 0 bridgehead atoms. The van der Waals surface area contributed by atoms with Gasteiger partial charge >= 0.3 is 0 Å². The van der Waals surface area contributed by atoms with Crippen LogP contribution in [-0.4, -0.2) is 41.8 Å². The first kappa shape index (κ1) is 13.8. The molecule has 5 atom stereocenters. The van der Waals surface area contributed by atoms with Crippen LogP contribution in [0.5, 0.6) is 0 Å². The van der Waals surface area contributed by atoms with E-state index < -0.39 is 0 Å². The average Bonchev–Trinajstić information content (AvgIpc) is 2.91. The lowest BCUT2D eigenvalue weighted by Crippen LogP contribution is -2.47. The van der Waals surface area contributed by atoms with E-state index in [-0.39, 0.29) is 30.3 Å². The molecule has 104 valence electrons. The summed E-state index contributed by atoms with van der Waals surface area (Å²) < 4.78 is 5.62. The number of hydrogen-bond acceptors (Lipinski definition) is 3. The third-order valence-corrected chi connectivity index (χ3v) is 4.52. The first-order chi connectivity index (χ1) is 8.60. The van der Waals surface area contributed by atoms with Gasteiger partial charge in [0.15, 0.2) is 0 Å². The van der Waals surface area contributed by atoms with Gasteiger partial charge in [-0.15, -0.1) is 0 Å². The third kappa shape index (κ3) is 2.28. The summed E-state index contributed by atoms with van der Waals surface area (Å²) in [4.78, 5) is 14.7. The Balaban J connectivity index is 2.15. The molecule has 0 radical (unpaired) electrons. The highest BCUT2D eigenvalue weighted by Crippen LogP contribution is 2.28. The molecule has 2 rings (SSSR count). The Labute approximate surface area is 110 Å². The van der Waals surface area contributed by atoms with Gasteiger partial charge in [-0.05, 0) is 25.7 Å². The molecule has 2 saturated heterocycles. The highest BCUT2D eigenvalue weighted by molar-refractivity contribution is 5.85. The lowest BCUT2D eigenvalue weighted by atomic mass is 9.99. The number of carbonyl (C=O) groups excluding carboxylic acids is 1. The fraction of sp³-hybridized carbons (Fsp3) is 0.929. The molecule has 18 heavy (non-hydrogen) atoms. The fourth-order valence-corrected chi connectivity index (χ4v) is 3.11. The normalized spacial score (nSPS) is 38.4. The van der Waals surface area contributed by atoms with Crippen molar-refractivity contribution in [3.05, 3.63) is 0 Å². The molecule has 0 aromatic rings. The van der Waals surface area contributed by atoms with E-state index in [2.05, 4.69) is 37.9 Å². The quantitative estimate of drug-likeness (QED) is 0.831. The molecule has 2 fully saturated rings. The van der Waals surface area contributed by atoms with Crippen LogP contribution in [0.2, 0.25) is 0 Å². The van der Waals surface area contributed by atoms with E-state index in [1.54, 1.807) is 0 Å². The molecule has 4 nitrogen and oxygen atoms in total. The van der Waals surface area contributed by atoms with Crippen molar-refractivity contribution in [2.24, 2.45) is 5.92 Å². The molecular weight excluding hydrogens is 228 g/mol. The zero-order chi connectivity index (χ0) is 13.3. The fourth-order valence-electron chi connectivity index (χ4n) is 3.11. The van der Waals surface area contributed by atoms with Crippen molar-refractivity contribution in [1.29, 1.82) is 0 Å². The van der Waals surface area contributed by atoms with Gasteiger partial charge in [-0.2, -0.15) is 0 Å². The van der Waals surface area contributed by atoms with Crippen LogP contribution >= 0.6 is 0 Å². The van der Waals surface area contributed by atoms with Crippen LogP contribution in [0.1, 0.15) is 47.0 Å². The van der Waals surface area contributed by atoms with Crippen LogP contribution in [0, 0.1) is 5.92 Å². The van der Waals surface area contributed by atoms with E-state index in [4.69, 9.17) is 4.74 Å². The largest absolute Gasteiger partial charge is 0.376 e. The van der Waals surface area contributed by atoms with Crippen LogP contribution in [0.25, 0.3) is 0 Å². The van der Waals surface area contributed by atoms with E-state index >= 15 is 0 Å². The Hall–Kier alpha value is -0.610. The molecule has 5 unspecified atom stereocenters. The van der Waals surface area contributed by atoms with Crippen molar-refractivity contribution >= 4 is 5.91 Å². The summed E-state index contributed by atoms with van der Waals surface area (Å²) in [6.07, 6.45) is 3.32. The topological polar surface area (TPSA) is 41.6 Å². The average molecular weight is 254 g/mol. The summed E-state index contributed by atoms with van der Waals surface area (Å²) in [5.74, 6) is 0.674. The van der Waals surface area contributed by atoms with Crippen molar-refractivity contribution in [3.63, 3.8) is 0 Å². The van der Waals surface area contributed by atoms with Crippen molar-refractivity contribution in [2.75, 3.05) is 6.61 Å². The Kier molecular flexibility index (Phi) is 4.28. The molecule has 1 amide bonds. The number of nitrogens with one attached hydrogen (secondary N) is 1. The molecule has 1 N–H and O–H groups in total. The summed E-state index contributed by atoms with van der Waals surface area (Å²) in [7, 11) is 0. The molecule has 0 spiro atoms. The van der Waals surface area contributed by atoms with E-state index in [0.29, 0.717) is 5.92 Å². The maximum absolute atomic E-state index is 12.6. The zero-order valence-corrected chi connectivity index (χ0v) is 12.0. The first-order valence-electron chi connectivity index (χ1n) is 7.29. The van der Waals surface area contributed by atoms with Gasteiger partial charge in [-0.3, -0.25) is 10.1 Å². The van der Waals surface area contributed by atoms with Gasteiger partial charge < -0.3 is 9.64 Å². The Morgan fingerprint density at radius 1 is 1.50 bits per heavy atom. The monoisotopic (exact) mass is 254 g/mol. The maximum Gasteiger partial charge on any atom is 0.241 e. The second-order valence-corrected chi connectivity index (χ2v) is 5.63. The van der Waals surface area contributed by atoms with Gasteiger partial charge in [0, 0.05) is 6.61 Å². The van der Waals surface area contributed by atoms with Crippen molar-refractivity contribution in [2.45, 2.75) is 71.3 Å². The Morgan fingerprint density at radius 3 is 2.72 bits per heavy atom. The van der Waals surface area contributed by atoms with Crippen molar-refractivity contribution in [1.82, 2.24) is 10.2 Å². The molecule has 0 aromatic heterocycles. The van der Waals surface area contributed by atoms with E-state index in [0.717, 1.165) is 25.9 Å². The van der Waals surface area contributed by atoms with Crippen LogP contribution in [-0.2, 0) is 9.53 Å². The van der Waals surface area contributed by atoms with Crippen molar-refractivity contribution < 1.29 is 9.53 Å². The summed E-state index contributed by atoms with van der Waals surface area (Å²) in [6.45, 7) is 9.29. The summed E-state index contributed by atoms with van der Waals surface area (Å²) in [6, 6.07) is 0.247. The molecule has 0 aliphatic carbocycles. The number of rotatable bonds is 4. The van der Waals surface area contributed by atoms with Gasteiger partial charge in [-0.25, -0.2) is 0 Å². The molecule has 0 aromatic carbocycles. The molecular formula is C14H26N2O2. The molecule has 0 saturated carbocycles. The van der Waals surface area contributed by atoms with Crippen LogP contribution in [0.15, 0.2) is 0 Å². The molecule has 2 heterocycles. The summed E-state index contributed by atoms with van der Waals surface area (Å²) >= 11 is 0. The van der Waals surface area contributed by atoms with E-state index in [9.17, 15) is 4.79 Å². The standard InChI is InChI=1S/C14H26N2O2/c1-5-9(3)13-14(17)16(12(6-2)15-13)11-7-8-18-10(11)4/h9-13,15H,5-8H2,1-4H3. The summed E-state index contributed by atoms with van der Waals surface area (Å²) in [5.41, 5.74) is 0. The lowest BCUT2D eigenvalue weighted by molar-refractivity contribution is -0.134. The van der Waals surface area contributed by atoms with Gasteiger partial charge in [-0.1, -0.05) is 27.2 Å². The Morgan fingerprint density at radius 2 is 2.22 bits per heavy atom. The van der Waals surface area contributed by atoms with Crippen molar-refractivity contribution in [3.8, 4) is 0 Å². The minimum absolute atomic E-state index is 0.00671. The number of hydrogen-bond donors (Lipinski definition) is 1. The van der Waals surface area contributed by atoms with Gasteiger partial charge in [0.1, 0.15) is 0 Å². The van der Waals surface area contributed by atoms with E-state index in [1.807, 2.05) is 0 Å². The summed E-state index contributed by atoms with van der Waals surface area (Å²) in [5, 5.41) is 3.51. The number of nitrogens with zero attached hydrogens (tertiary/aromatic N) is 1. The predicted molar refractivity (Wildman–Crippen MR) is 71.1 cm³/mol. The minimum Gasteiger partial charge on any atom is -0.376 e. The van der Waals surface area contributed by atoms with Crippen LogP contribution < -0.4 is 5.32 Å². The molecule has 2 aliphatic rings. The highest BCUT2D eigenvalue weighted by atomic mass is 16.5. The second-order valence-electron chi connectivity index (χ2n) is 5.63. The SMILES string of the molecule is CCC(C)C1NC(CC)N(C2CCOC2C)C1=O. The highest BCUT2D eigenvalue weighted by Gasteiger charge is 2.46. The van der Waals surface area contributed by atoms with Gasteiger partial charge in [0.2, 0.25) is 5.91 Å². The second kappa shape index (κ2) is 5.57. The maximum atomic E-state index is 12.6. The van der Waals surface area contributed by atoms with Gasteiger partial charge in [0.05, 0.1) is 24.4 Å². The van der Waals surface area contributed by atoms with Crippen LogP contribution in [0.4, 0.5) is 0 Å². The third-order valence-electron chi connectivity index (χ3n) is 4.52. The lowest BCUT2D eigenvalue weighted by Gasteiger charge is -2.31. The van der Waals surface area contributed by atoms with E-state index in [1.165, 1.54) is 0 Å².